The summed E-state index contributed by atoms with van der Waals surface area (Å²) in [6.07, 6.45) is -4.40. The molecule has 4 aromatic rings. The summed E-state index contributed by atoms with van der Waals surface area (Å²) in [5, 5.41) is 12.0. The first-order valence-electron chi connectivity index (χ1n) is 10.4. The van der Waals surface area contributed by atoms with E-state index in [9.17, 15) is 18.0 Å². The zero-order chi connectivity index (χ0) is 24.1. The second kappa shape index (κ2) is 9.70. The summed E-state index contributed by atoms with van der Waals surface area (Å²) in [7, 11) is 0. The zero-order valence-electron chi connectivity index (χ0n) is 18.1. The molecule has 2 amide bonds. The molecule has 0 unspecified atom stereocenters. The molecule has 4 rings (SSSR count). The van der Waals surface area contributed by atoms with Crippen LogP contribution in [0.5, 0.6) is 5.75 Å². The highest BCUT2D eigenvalue weighted by atomic mass is 19.4. The molecule has 9 heteroatoms. The van der Waals surface area contributed by atoms with Crippen LogP contribution in [-0.2, 0) is 12.8 Å². The molecule has 3 N–H and O–H groups in total. The van der Waals surface area contributed by atoms with Gasteiger partial charge in [0.25, 0.3) is 0 Å². The lowest BCUT2D eigenvalue weighted by Crippen LogP contribution is -2.19. The Hall–Kier alpha value is -4.27. The number of rotatable bonds is 6. The Bertz CT molecular complexity index is 1280. The second-order valence-corrected chi connectivity index (χ2v) is 7.56. The third-order valence-electron chi connectivity index (χ3n) is 5.09. The Morgan fingerprint density at radius 3 is 2.47 bits per heavy atom. The van der Waals surface area contributed by atoms with E-state index in [0.29, 0.717) is 29.3 Å². The number of aryl methyl sites for hydroxylation is 1. The van der Waals surface area contributed by atoms with E-state index in [2.05, 4.69) is 20.8 Å². The zero-order valence-corrected chi connectivity index (χ0v) is 18.1. The van der Waals surface area contributed by atoms with Crippen LogP contribution in [0.2, 0.25) is 0 Å². The van der Waals surface area contributed by atoms with Crippen LogP contribution in [0.25, 0.3) is 11.3 Å². The summed E-state index contributed by atoms with van der Waals surface area (Å²) >= 11 is 0. The van der Waals surface area contributed by atoms with Crippen LogP contribution in [0, 0.1) is 6.92 Å². The Balaban J connectivity index is 1.35. The highest BCUT2D eigenvalue weighted by Gasteiger charge is 2.30. The van der Waals surface area contributed by atoms with E-state index in [1.165, 1.54) is 18.2 Å². The number of nitrogens with one attached hydrogen (secondary N) is 3. The highest BCUT2D eigenvalue weighted by Crippen LogP contribution is 2.31. The van der Waals surface area contributed by atoms with E-state index in [0.717, 1.165) is 23.3 Å². The third kappa shape index (κ3) is 5.74. The number of benzene rings is 3. The van der Waals surface area contributed by atoms with Crippen molar-refractivity contribution in [3.63, 3.8) is 0 Å². The van der Waals surface area contributed by atoms with Gasteiger partial charge in [0.1, 0.15) is 12.4 Å². The summed E-state index contributed by atoms with van der Waals surface area (Å²) in [5.41, 5.74) is 2.96. The maximum Gasteiger partial charge on any atom is 0.416 e. The SMILES string of the molecule is Cc1ccccc1COc1cccc(NC(=O)Nc2cc(-c3ccc(C(F)(F)F)cc3)[nH]n2)c1. The molecule has 0 radical (unpaired) electrons. The molecule has 0 aliphatic heterocycles. The molecule has 0 fully saturated rings. The second-order valence-electron chi connectivity index (χ2n) is 7.56. The van der Waals surface area contributed by atoms with Crippen LogP contribution < -0.4 is 15.4 Å². The number of carbonyl (C=O) groups is 1. The van der Waals surface area contributed by atoms with Crippen molar-refractivity contribution < 1.29 is 22.7 Å². The normalized spacial score (nSPS) is 11.2. The number of alkyl halides is 3. The van der Waals surface area contributed by atoms with Crippen molar-refractivity contribution in [2.75, 3.05) is 10.6 Å². The molecule has 6 nitrogen and oxygen atoms in total. The minimum atomic E-state index is -4.40. The van der Waals surface area contributed by atoms with E-state index < -0.39 is 17.8 Å². The number of H-pyrrole nitrogens is 1. The lowest BCUT2D eigenvalue weighted by atomic mass is 10.1. The minimum absolute atomic E-state index is 0.222. The van der Waals surface area contributed by atoms with Gasteiger partial charge in [-0.25, -0.2) is 4.79 Å². The lowest BCUT2D eigenvalue weighted by molar-refractivity contribution is -0.137. The van der Waals surface area contributed by atoms with Gasteiger partial charge in [0, 0.05) is 17.8 Å². The average molecular weight is 466 g/mol. The molecule has 1 heterocycles. The van der Waals surface area contributed by atoms with Crippen molar-refractivity contribution in [3.05, 3.63) is 95.6 Å². The van der Waals surface area contributed by atoms with Crippen molar-refractivity contribution in [2.24, 2.45) is 0 Å². The molecular weight excluding hydrogens is 445 g/mol. The lowest BCUT2D eigenvalue weighted by Gasteiger charge is -2.10. The molecule has 1 aromatic heterocycles. The van der Waals surface area contributed by atoms with Gasteiger partial charge in [-0.15, -0.1) is 0 Å². The van der Waals surface area contributed by atoms with Crippen molar-refractivity contribution in [3.8, 4) is 17.0 Å². The maximum atomic E-state index is 12.7. The van der Waals surface area contributed by atoms with Crippen molar-refractivity contribution in [2.45, 2.75) is 19.7 Å². The summed E-state index contributed by atoms with van der Waals surface area (Å²) in [5.74, 6) is 0.824. The van der Waals surface area contributed by atoms with Crippen LogP contribution in [0.1, 0.15) is 16.7 Å². The van der Waals surface area contributed by atoms with Crippen LogP contribution in [0.15, 0.2) is 78.9 Å². The molecule has 0 saturated carbocycles. The first kappa shape index (κ1) is 22.9. The quantitative estimate of drug-likeness (QED) is 0.299. The fourth-order valence-electron chi connectivity index (χ4n) is 3.25. The van der Waals surface area contributed by atoms with Gasteiger partial charge in [0.15, 0.2) is 5.82 Å². The van der Waals surface area contributed by atoms with Crippen LogP contribution in [0.4, 0.5) is 29.5 Å². The van der Waals surface area contributed by atoms with Gasteiger partial charge in [-0.2, -0.15) is 18.3 Å². The summed E-state index contributed by atoms with van der Waals surface area (Å²) < 4.78 is 44.0. The van der Waals surface area contributed by atoms with E-state index in [4.69, 9.17) is 4.74 Å². The van der Waals surface area contributed by atoms with Gasteiger partial charge < -0.3 is 10.1 Å². The van der Waals surface area contributed by atoms with Gasteiger partial charge in [0.05, 0.1) is 11.3 Å². The monoisotopic (exact) mass is 466 g/mol. The van der Waals surface area contributed by atoms with Crippen molar-refractivity contribution in [1.82, 2.24) is 10.2 Å². The number of aromatic nitrogens is 2. The number of urea groups is 1. The van der Waals surface area contributed by atoms with E-state index >= 15 is 0 Å². The van der Waals surface area contributed by atoms with Gasteiger partial charge in [-0.05, 0) is 47.9 Å². The molecule has 0 spiro atoms. The average Bonchev–Trinajstić information content (AvgIpc) is 3.26. The first-order valence-corrected chi connectivity index (χ1v) is 10.4. The Kier molecular flexibility index (Phi) is 6.53. The van der Waals surface area contributed by atoms with E-state index in [-0.39, 0.29) is 5.82 Å². The number of hydrogen-bond acceptors (Lipinski definition) is 3. The fourth-order valence-corrected chi connectivity index (χ4v) is 3.25. The van der Waals surface area contributed by atoms with E-state index in [1.54, 1.807) is 24.3 Å². The highest BCUT2D eigenvalue weighted by molar-refractivity contribution is 5.99. The molecule has 0 atom stereocenters. The number of aromatic amines is 1. The van der Waals surface area contributed by atoms with Gasteiger partial charge >= 0.3 is 12.2 Å². The smallest absolute Gasteiger partial charge is 0.416 e. The van der Waals surface area contributed by atoms with E-state index in [1.807, 2.05) is 31.2 Å². The maximum absolute atomic E-state index is 12.7. The number of carbonyl (C=O) groups excluding carboxylic acids is 1. The molecule has 0 aliphatic carbocycles. The third-order valence-corrected chi connectivity index (χ3v) is 5.09. The summed E-state index contributed by atoms with van der Waals surface area (Å²) in [4.78, 5) is 12.4. The molecule has 3 aromatic carbocycles. The number of nitrogens with zero attached hydrogens (tertiary/aromatic N) is 1. The minimum Gasteiger partial charge on any atom is -0.489 e. The molecule has 0 saturated heterocycles. The molecule has 174 valence electrons. The number of halogens is 3. The van der Waals surface area contributed by atoms with Crippen molar-refractivity contribution in [1.29, 1.82) is 0 Å². The molecular formula is C25H21F3N4O2. The Morgan fingerprint density at radius 1 is 0.971 bits per heavy atom. The fraction of sp³-hybridized carbons (Fsp3) is 0.120. The largest absolute Gasteiger partial charge is 0.489 e. The van der Waals surface area contributed by atoms with Gasteiger partial charge in [0.2, 0.25) is 0 Å². The number of anilines is 2. The number of ether oxygens (including phenoxy) is 1. The Morgan fingerprint density at radius 2 is 1.74 bits per heavy atom. The summed E-state index contributed by atoms with van der Waals surface area (Å²) in [6, 6.07) is 20.6. The summed E-state index contributed by atoms with van der Waals surface area (Å²) in [6.45, 7) is 2.42. The standard InChI is InChI=1S/C25H21F3N4O2/c1-16-5-2-3-6-18(16)15-34-21-8-4-7-20(13-21)29-24(33)30-23-14-22(31-32-23)17-9-11-19(12-10-17)25(26,27)28/h2-14H,15H2,1H3,(H3,29,30,31,32,33). The first-order chi connectivity index (χ1) is 16.3. The Labute approximate surface area is 193 Å². The number of amides is 2. The molecule has 0 bridgehead atoms. The topological polar surface area (TPSA) is 79.0 Å². The van der Waals surface area contributed by atoms with Crippen LogP contribution >= 0.6 is 0 Å². The van der Waals surface area contributed by atoms with Gasteiger partial charge in [-0.3, -0.25) is 10.4 Å². The molecule has 34 heavy (non-hydrogen) atoms. The predicted octanol–water partition coefficient (Wildman–Crippen LogP) is 6.63. The predicted molar refractivity (Wildman–Crippen MR) is 124 cm³/mol. The molecule has 0 aliphatic rings. The van der Waals surface area contributed by atoms with Crippen LogP contribution in [0.3, 0.4) is 0 Å². The van der Waals surface area contributed by atoms with Gasteiger partial charge in [-0.1, -0.05) is 42.5 Å². The number of hydrogen-bond donors (Lipinski definition) is 3. The van der Waals surface area contributed by atoms with Crippen molar-refractivity contribution >= 4 is 17.5 Å². The van der Waals surface area contributed by atoms with Crippen LogP contribution in [-0.4, -0.2) is 16.2 Å².